The lowest BCUT2D eigenvalue weighted by atomic mass is 10.1. The zero-order chi connectivity index (χ0) is 13.9. The van der Waals surface area contributed by atoms with Crippen LogP contribution in [0.4, 0.5) is 4.39 Å². The molecule has 1 heterocycles. The number of benzene rings is 1. The molecular formula is C12H17FN2O3S. The molecule has 0 spiro atoms. The number of rotatable bonds is 4. The molecule has 19 heavy (non-hydrogen) atoms. The van der Waals surface area contributed by atoms with E-state index in [4.69, 9.17) is 10.5 Å². The molecule has 106 valence electrons. The van der Waals surface area contributed by atoms with E-state index in [1.54, 1.807) is 0 Å². The van der Waals surface area contributed by atoms with Crippen molar-refractivity contribution < 1.29 is 17.5 Å². The lowest BCUT2D eigenvalue weighted by Gasteiger charge is -2.23. The number of sulfonamides is 1. The van der Waals surface area contributed by atoms with Gasteiger partial charge in [-0.2, -0.15) is 0 Å². The smallest absolute Gasteiger partial charge is 0.243 e. The number of nitrogens with two attached hydrogens (primary N) is 1. The summed E-state index contributed by atoms with van der Waals surface area (Å²) < 4.78 is 45.6. The van der Waals surface area contributed by atoms with Crippen LogP contribution >= 0.6 is 0 Å². The Hall–Kier alpha value is -1.02. The van der Waals surface area contributed by atoms with Crippen molar-refractivity contribution in [3.05, 3.63) is 29.6 Å². The largest absolute Gasteiger partial charge is 0.380 e. The average molecular weight is 288 g/mol. The fourth-order valence-electron chi connectivity index (χ4n) is 2.01. The van der Waals surface area contributed by atoms with Crippen LogP contribution in [0.3, 0.4) is 0 Å². The van der Waals surface area contributed by atoms with Gasteiger partial charge in [0, 0.05) is 19.2 Å². The number of nitrogens with one attached hydrogen (secondary N) is 1. The van der Waals surface area contributed by atoms with E-state index in [0.717, 1.165) is 12.5 Å². The van der Waals surface area contributed by atoms with Crippen LogP contribution in [-0.2, 0) is 21.3 Å². The van der Waals surface area contributed by atoms with Gasteiger partial charge in [-0.25, -0.2) is 17.5 Å². The highest BCUT2D eigenvalue weighted by atomic mass is 32.2. The fraction of sp³-hybridized carbons (Fsp3) is 0.500. The Morgan fingerprint density at radius 3 is 2.84 bits per heavy atom. The molecule has 1 aromatic rings. The summed E-state index contributed by atoms with van der Waals surface area (Å²) >= 11 is 0. The molecule has 1 atom stereocenters. The fourth-order valence-corrected chi connectivity index (χ4v) is 3.32. The minimum absolute atomic E-state index is 0.168. The van der Waals surface area contributed by atoms with E-state index in [0.29, 0.717) is 25.2 Å². The molecule has 1 fully saturated rings. The van der Waals surface area contributed by atoms with Crippen molar-refractivity contribution in [3.8, 4) is 0 Å². The summed E-state index contributed by atoms with van der Waals surface area (Å²) in [6.45, 7) is 1.13. The normalized spacial score (nSPS) is 20.4. The van der Waals surface area contributed by atoms with Crippen LogP contribution in [0.25, 0.3) is 0 Å². The predicted molar refractivity (Wildman–Crippen MR) is 68.5 cm³/mol. The van der Waals surface area contributed by atoms with Crippen molar-refractivity contribution in [2.75, 3.05) is 13.2 Å². The van der Waals surface area contributed by atoms with Crippen LogP contribution in [0.2, 0.25) is 0 Å². The van der Waals surface area contributed by atoms with Crippen molar-refractivity contribution in [1.82, 2.24) is 4.72 Å². The first-order valence-electron chi connectivity index (χ1n) is 6.11. The molecule has 0 bridgehead atoms. The zero-order valence-corrected chi connectivity index (χ0v) is 11.2. The first-order chi connectivity index (χ1) is 9.03. The van der Waals surface area contributed by atoms with Gasteiger partial charge in [-0.15, -0.1) is 0 Å². The zero-order valence-electron chi connectivity index (χ0n) is 10.4. The molecular weight excluding hydrogens is 271 g/mol. The molecule has 3 N–H and O–H groups in total. The second-order valence-electron chi connectivity index (χ2n) is 4.50. The molecule has 1 aliphatic rings. The van der Waals surface area contributed by atoms with Gasteiger partial charge in [0.05, 0.1) is 6.61 Å². The molecule has 5 nitrogen and oxygen atoms in total. The summed E-state index contributed by atoms with van der Waals surface area (Å²) in [6, 6.07) is 3.59. The van der Waals surface area contributed by atoms with Crippen molar-refractivity contribution in [2.24, 2.45) is 5.73 Å². The monoisotopic (exact) mass is 288 g/mol. The molecule has 1 aromatic carbocycles. The van der Waals surface area contributed by atoms with E-state index in [2.05, 4.69) is 4.72 Å². The second-order valence-corrected chi connectivity index (χ2v) is 6.19. The van der Waals surface area contributed by atoms with Crippen LogP contribution in [0.15, 0.2) is 23.1 Å². The maximum Gasteiger partial charge on any atom is 0.243 e. The average Bonchev–Trinajstić information content (AvgIpc) is 2.38. The van der Waals surface area contributed by atoms with Gasteiger partial charge in [-0.3, -0.25) is 0 Å². The van der Waals surface area contributed by atoms with E-state index in [1.165, 1.54) is 12.1 Å². The highest BCUT2D eigenvalue weighted by Crippen LogP contribution is 2.17. The molecule has 1 unspecified atom stereocenters. The van der Waals surface area contributed by atoms with Gasteiger partial charge in [0.1, 0.15) is 10.7 Å². The van der Waals surface area contributed by atoms with Crippen LogP contribution in [0.5, 0.6) is 0 Å². The molecule has 0 aromatic heterocycles. The Balaban J connectivity index is 2.18. The van der Waals surface area contributed by atoms with Gasteiger partial charge < -0.3 is 10.5 Å². The second kappa shape index (κ2) is 5.96. The van der Waals surface area contributed by atoms with Crippen LogP contribution in [0.1, 0.15) is 18.4 Å². The number of hydrogen-bond acceptors (Lipinski definition) is 4. The van der Waals surface area contributed by atoms with E-state index in [9.17, 15) is 12.8 Å². The quantitative estimate of drug-likeness (QED) is 0.856. The summed E-state index contributed by atoms with van der Waals surface area (Å²) in [7, 11) is -3.86. The van der Waals surface area contributed by atoms with Gasteiger partial charge in [0.15, 0.2) is 0 Å². The summed E-state index contributed by atoms with van der Waals surface area (Å²) in [4.78, 5) is -0.352. The maximum atomic E-state index is 13.8. The Morgan fingerprint density at radius 1 is 1.47 bits per heavy atom. The molecule has 7 heteroatoms. The Bertz CT molecular complexity index is 542. The first kappa shape index (κ1) is 14.4. The summed E-state index contributed by atoms with van der Waals surface area (Å²) in [5, 5.41) is 0. The highest BCUT2D eigenvalue weighted by molar-refractivity contribution is 7.89. The van der Waals surface area contributed by atoms with Crippen molar-refractivity contribution in [1.29, 1.82) is 0 Å². The molecule has 1 aliphatic heterocycles. The lowest BCUT2D eigenvalue weighted by Crippen LogP contribution is -2.40. The van der Waals surface area contributed by atoms with E-state index in [1.807, 2.05) is 0 Å². The van der Waals surface area contributed by atoms with Gasteiger partial charge in [-0.05, 0) is 30.5 Å². The molecule has 0 aliphatic carbocycles. The summed E-state index contributed by atoms with van der Waals surface area (Å²) in [5.41, 5.74) is 5.93. The molecule has 1 saturated heterocycles. The van der Waals surface area contributed by atoms with Crippen LogP contribution in [-0.4, -0.2) is 27.7 Å². The minimum atomic E-state index is -3.86. The number of halogens is 1. The number of ether oxygens (including phenoxy) is 1. The third-order valence-electron chi connectivity index (χ3n) is 3.00. The standard InChI is InChI=1S/C12H17FN2O3S/c13-11-6-9(7-14)3-4-12(11)19(16,17)15-10-2-1-5-18-8-10/h3-4,6,10,15H,1-2,5,7-8,14H2. The third-order valence-corrected chi connectivity index (χ3v) is 4.56. The topological polar surface area (TPSA) is 81.4 Å². The SMILES string of the molecule is NCc1ccc(S(=O)(=O)NC2CCCOC2)c(F)c1. The molecule has 0 saturated carbocycles. The van der Waals surface area contributed by atoms with Crippen molar-refractivity contribution in [3.63, 3.8) is 0 Å². The van der Waals surface area contributed by atoms with E-state index < -0.39 is 15.8 Å². The molecule has 0 radical (unpaired) electrons. The van der Waals surface area contributed by atoms with Crippen molar-refractivity contribution >= 4 is 10.0 Å². The molecule has 2 rings (SSSR count). The van der Waals surface area contributed by atoms with Gasteiger partial charge in [-0.1, -0.05) is 6.07 Å². The third kappa shape index (κ3) is 3.50. The lowest BCUT2D eigenvalue weighted by molar-refractivity contribution is 0.0774. The van der Waals surface area contributed by atoms with Crippen LogP contribution in [0, 0.1) is 5.82 Å². The van der Waals surface area contributed by atoms with Gasteiger partial charge >= 0.3 is 0 Å². The van der Waals surface area contributed by atoms with E-state index in [-0.39, 0.29) is 17.5 Å². The summed E-state index contributed by atoms with van der Waals surface area (Å²) in [5.74, 6) is -0.785. The predicted octanol–water partition coefficient (Wildman–Crippen LogP) is 0.742. The summed E-state index contributed by atoms with van der Waals surface area (Å²) in [6.07, 6.45) is 1.49. The Labute approximate surface area is 112 Å². The first-order valence-corrected chi connectivity index (χ1v) is 7.60. The number of hydrogen-bond donors (Lipinski definition) is 2. The maximum absolute atomic E-state index is 13.8. The van der Waals surface area contributed by atoms with E-state index >= 15 is 0 Å². The van der Waals surface area contributed by atoms with Crippen LogP contribution < -0.4 is 10.5 Å². The Kier molecular flexibility index (Phi) is 4.51. The highest BCUT2D eigenvalue weighted by Gasteiger charge is 2.24. The Morgan fingerprint density at radius 2 is 2.26 bits per heavy atom. The van der Waals surface area contributed by atoms with Gasteiger partial charge in [0.2, 0.25) is 10.0 Å². The minimum Gasteiger partial charge on any atom is -0.380 e. The van der Waals surface area contributed by atoms with Crippen molar-refractivity contribution in [2.45, 2.75) is 30.3 Å². The van der Waals surface area contributed by atoms with Gasteiger partial charge in [0.25, 0.3) is 0 Å². The molecule has 0 amide bonds.